The Bertz CT molecular complexity index is 1370. The Balaban J connectivity index is 1.22. The summed E-state index contributed by atoms with van der Waals surface area (Å²) < 4.78 is 17.3. The first-order valence-electron chi connectivity index (χ1n) is 11.3. The molecule has 2 heterocycles. The molecule has 1 saturated heterocycles. The Morgan fingerprint density at radius 1 is 1.03 bits per heavy atom. The molecule has 5 nitrogen and oxygen atoms in total. The molecular formula is C27H23ClFN3O2S. The molecule has 178 valence electrons. The van der Waals surface area contributed by atoms with Crippen molar-refractivity contribution in [2.45, 2.75) is 23.3 Å². The summed E-state index contributed by atoms with van der Waals surface area (Å²) in [5, 5.41) is 12.1. The number of rotatable bonds is 5. The zero-order chi connectivity index (χ0) is 24.4. The number of pyridine rings is 1. The average molecular weight is 508 g/mol. The highest BCUT2D eigenvalue weighted by molar-refractivity contribution is 8.00. The van der Waals surface area contributed by atoms with Crippen molar-refractivity contribution in [2.75, 3.05) is 17.8 Å². The molecule has 0 saturated carbocycles. The molecule has 1 aliphatic heterocycles. The average Bonchev–Trinajstić information content (AvgIpc) is 2.89. The van der Waals surface area contributed by atoms with Gasteiger partial charge in [-0.3, -0.25) is 9.78 Å². The summed E-state index contributed by atoms with van der Waals surface area (Å²) in [5.41, 5.74) is 1.67. The highest BCUT2D eigenvalue weighted by atomic mass is 35.5. The Hall–Kier alpha value is -3.13. The third kappa shape index (κ3) is 4.85. The van der Waals surface area contributed by atoms with Crippen LogP contribution in [0.4, 0.5) is 10.1 Å². The van der Waals surface area contributed by atoms with Gasteiger partial charge in [-0.2, -0.15) is 0 Å². The third-order valence-corrected chi connectivity index (χ3v) is 7.56. The highest BCUT2D eigenvalue weighted by Gasteiger charge is 2.36. The van der Waals surface area contributed by atoms with E-state index in [-0.39, 0.29) is 11.7 Å². The maximum Gasteiger partial charge on any atom is 0.253 e. The molecule has 8 heteroatoms. The molecule has 0 spiro atoms. The SMILES string of the molecule is O=C(c1ccc(NSc2ccc(F)c3cccnc23)cc1)N1CCC(O)(c2ccccc2Cl)CC1. The first kappa shape index (κ1) is 23.6. The Morgan fingerprint density at radius 3 is 2.51 bits per heavy atom. The van der Waals surface area contributed by atoms with Crippen molar-refractivity contribution in [3.63, 3.8) is 0 Å². The summed E-state index contributed by atoms with van der Waals surface area (Å²) in [5.74, 6) is -0.373. The van der Waals surface area contributed by atoms with E-state index in [9.17, 15) is 14.3 Å². The van der Waals surface area contributed by atoms with Crippen LogP contribution in [0.15, 0.2) is 83.9 Å². The van der Waals surface area contributed by atoms with Gasteiger partial charge in [0.05, 0.1) is 16.0 Å². The van der Waals surface area contributed by atoms with Crippen LogP contribution in [0.1, 0.15) is 28.8 Å². The number of hydrogen-bond donors (Lipinski definition) is 2. The smallest absolute Gasteiger partial charge is 0.253 e. The molecule has 1 amide bonds. The third-order valence-electron chi connectivity index (χ3n) is 6.34. The summed E-state index contributed by atoms with van der Waals surface area (Å²) >= 11 is 7.63. The first-order valence-corrected chi connectivity index (χ1v) is 12.5. The molecule has 1 aromatic heterocycles. The monoisotopic (exact) mass is 507 g/mol. The number of carbonyl (C=O) groups excluding carboxylic acids is 1. The number of aromatic nitrogens is 1. The van der Waals surface area contributed by atoms with Crippen molar-refractivity contribution >= 4 is 46.0 Å². The van der Waals surface area contributed by atoms with Crippen LogP contribution < -0.4 is 4.72 Å². The van der Waals surface area contributed by atoms with Crippen molar-refractivity contribution in [2.24, 2.45) is 0 Å². The number of amides is 1. The van der Waals surface area contributed by atoms with Crippen LogP contribution >= 0.6 is 23.5 Å². The molecule has 0 radical (unpaired) electrons. The lowest BCUT2D eigenvalue weighted by Crippen LogP contribution is -2.45. The topological polar surface area (TPSA) is 65.5 Å². The molecule has 3 aromatic carbocycles. The Labute approximate surface area is 212 Å². The van der Waals surface area contributed by atoms with Gasteiger partial charge in [-0.1, -0.05) is 29.8 Å². The second-order valence-electron chi connectivity index (χ2n) is 8.53. The maximum atomic E-state index is 14.0. The molecule has 2 N–H and O–H groups in total. The number of nitrogens with zero attached hydrogens (tertiary/aromatic N) is 2. The van der Waals surface area contributed by atoms with E-state index in [1.165, 1.54) is 18.0 Å². The van der Waals surface area contributed by atoms with E-state index in [0.717, 1.165) is 10.6 Å². The zero-order valence-electron chi connectivity index (χ0n) is 18.7. The molecule has 1 aliphatic rings. The lowest BCUT2D eigenvalue weighted by Gasteiger charge is -2.39. The normalized spacial score (nSPS) is 15.2. The van der Waals surface area contributed by atoms with E-state index in [0.29, 0.717) is 53.0 Å². The number of benzene rings is 3. The summed E-state index contributed by atoms with van der Waals surface area (Å²) in [6.07, 6.45) is 2.50. The second kappa shape index (κ2) is 9.85. The van der Waals surface area contributed by atoms with Crippen LogP contribution in [0.5, 0.6) is 0 Å². The van der Waals surface area contributed by atoms with Gasteiger partial charge >= 0.3 is 0 Å². The van der Waals surface area contributed by atoms with E-state index < -0.39 is 5.60 Å². The van der Waals surface area contributed by atoms with Gasteiger partial charge in [0.1, 0.15) is 5.82 Å². The van der Waals surface area contributed by atoms with Crippen molar-refractivity contribution < 1.29 is 14.3 Å². The van der Waals surface area contributed by atoms with Gasteiger partial charge in [0.15, 0.2) is 0 Å². The number of hydrogen-bond acceptors (Lipinski definition) is 5. The lowest BCUT2D eigenvalue weighted by molar-refractivity contribution is -0.0210. The number of fused-ring (bicyclic) bond motifs is 1. The predicted octanol–water partition coefficient (Wildman–Crippen LogP) is 6.27. The van der Waals surface area contributed by atoms with E-state index in [2.05, 4.69) is 9.71 Å². The summed E-state index contributed by atoms with van der Waals surface area (Å²) in [6.45, 7) is 0.891. The minimum Gasteiger partial charge on any atom is -0.385 e. The zero-order valence-corrected chi connectivity index (χ0v) is 20.3. The van der Waals surface area contributed by atoms with Gasteiger partial charge in [-0.25, -0.2) is 4.39 Å². The molecule has 0 aliphatic carbocycles. The van der Waals surface area contributed by atoms with Crippen LogP contribution in [0.25, 0.3) is 10.9 Å². The van der Waals surface area contributed by atoms with Crippen LogP contribution in [0.2, 0.25) is 5.02 Å². The molecule has 5 rings (SSSR count). The second-order valence-corrected chi connectivity index (χ2v) is 9.79. The summed E-state index contributed by atoms with van der Waals surface area (Å²) in [6, 6.07) is 21.1. The van der Waals surface area contributed by atoms with E-state index in [1.54, 1.807) is 47.5 Å². The van der Waals surface area contributed by atoms with Crippen LogP contribution in [0.3, 0.4) is 0 Å². The van der Waals surface area contributed by atoms with Gasteiger partial charge in [-0.15, -0.1) is 0 Å². The predicted molar refractivity (Wildman–Crippen MR) is 138 cm³/mol. The number of nitrogens with one attached hydrogen (secondary N) is 1. The van der Waals surface area contributed by atoms with Gasteiger partial charge in [0.2, 0.25) is 0 Å². The summed E-state index contributed by atoms with van der Waals surface area (Å²) in [7, 11) is 0. The first-order chi connectivity index (χ1) is 16.9. The lowest BCUT2D eigenvalue weighted by atomic mass is 9.84. The van der Waals surface area contributed by atoms with Crippen LogP contribution in [0, 0.1) is 5.82 Å². The highest BCUT2D eigenvalue weighted by Crippen LogP contribution is 2.37. The minimum absolute atomic E-state index is 0.0702. The van der Waals surface area contributed by atoms with Crippen LogP contribution in [-0.4, -0.2) is 34.0 Å². The largest absolute Gasteiger partial charge is 0.385 e. The summed E-state index contributed by atoms with van der Waals surface area (Å²) in [4.78, 5) is 19.9. The molecule has 0 unspecified atom stereocenters. The Kier molecular flexibility index (Phi) is 6.65. The molecular weight excluding hydrogens is 485 g/mol. The van der Waals surface area contributed by atoms with Gasteiger partial charge < -0.3 is 14.7 Å². The van der Waals surface area contributed by atoms with Crippen molar-refractivity contribution in [1.82, 2.24) is 9.88 Å². The Morgan fingerprint density at radius 2 is 1.77 bits per heavy atom. The number of anilines is 1. The minimum atomic E-state index is -1.03. The molecule has 1 fully saturated rings. The fraction of sp³-hybridized carbons (Fsp3) is 0.185. The standard InChI is InChI=1S/C27H23ClFN3O2S/c28-22-6-2-1-5-21(22)27(34)13-16-32(17-14-27)26(33)18-7-9-19(10-8-18)31-35-24-12-11-23(29)20-4-3-15-30-25(20)24/h1-12,15,31,34H,13-14,16-17H2. The number of likely N-dealkylation sites (tertiary alicyclic amines) is 1. The van der Waals surface area contributed by atoms with Crippen molar-refractivity contribution in [3.05, 3.63) is 101 Å². The van der Waals surface area contributed by atoms with E-state index in [1.807, 2.05) is 30.3 Å². The maximum absolute atomic E-state index is 14.0. The molecule has 4 aromatic rings. The van der Waals surface area contributed by atoms with Gasteiger partial charge in [0.25, 0.3) is 5.91 Å². The van der Waals surface area contributed by atoms with Crippen molar-refractivity contribution in [3.8, 4) is 0 Å². The van der Waals surface area contributed by atoms with E-state index in [4.69, 9.17) is 11.6 Å². The fourth-order valence-electron chi connectivity index (χ4n) is 4.36. The number of piperidine rings is 1. The number of aliphatic hydroxyl groups is 1. The molecule has 0 atom stereocenters. The van der Waals surface area contributed by atoms with Gasteiger partial charge in [-0.05, 0) is 79.4 Å². The van der Waals surface area contributed by atoms with Crippen LogP contribution in [-0.2, 0) is 5.60 Å². The molecule has 0 bridgehead atoms. The van der Waals surface area contributed by atoms with E-state index >= 15 is 0 Å². The number of halogens is 2. The van der Waals surface area contributed by atoms with Crippen molar-refractivity contribution in [1.29, 1.82) is 0 Å². The molecule has 35 heavy (non-hydrogen) atoms. The quantitative estimate of drug-likeness (QED) is 0.312. The van der Waals surface area contributed by atoms with Gasteiger partial charge in [0, 0.05) is 46.5 Å². The fourth-order valence-corrected chi connectivity index (χ4v) is 5.43. The number of carbonyl (C=O) groups is 1.